The van der Waals surface area contributed by atoms with Gasteiger partial charge in [-0.1, -0.05) is 48.9 Å². The molecule has 128 valence electrons. The van der Waals surface area contributed by atoms with Gasteiger partial charge in [0, 0.05) is 17.7 Å². The van der Waals surface area contributed by atoms with Gasteiger partial charge in [-0.2, -0.15) is 0 Å². The topological polar surface area (TPSA) is 12.9 Å². The lowest BCUT2D eigenvalue weighted by molar-refractivity contribution is 0.591. The summed E-state index contributed by atoms with van der Waals surface area (Å²) >= 11 is 6.42. The lowest BCUT2D eigenvalue weighted by atomic mass is 9.93. The molecule has 0 aliphatic carbocycles. The van der Waals surface area contributed by atoms with Crippen molar-refractivity contribution in [3.63, 3.8) is 0 Å². The van der Waals surface area contributed by atoms with Crippen molar-refractivity contribution >= 4 is 28.1 Å². The summed E-state index contributed by atoms with van der Waals surface area (Å²) in [7, 11) is 0. The molecule has 0 N–H and O–H groups in total. The molecular formula is C21H18ClF2N. The van der Waals surface area contributed by atoms with E-state index in [9.17, 15) is 8.78 Å². The van der Waals surface area contributed by atoms with Gasteiger partial charge < -0.3 is 0 Å². The van der Waals surface area contributed by atoms with Crippen LogP contribution in [-0.2, 0) is 6.42 Å². The van der Waals surface area contributed by atoms with Crippen LogP contribution in [0.15, 0.2) is 42.5 Å². The molecule has 2 aromatic carbocycles. The van der Waals surface area contributed by atoms with Gasteiger partial charge in [0.25, 0.3) is 0 Å². The largest absolute Gasteiger partial charge is 0.247 e. The first-order chi connectivity index (χ1) is 12.0. The fourth-order valence-electron chi connectivity index (χ4n) is 3.13. The Morgan fingerprint density at radius 1 is 1.20 bits per heavy atom. The molecule has 0 radical (unpaired) electrons. The van der Waals surface area contributed by atoms with Crippen LogP contribution in [0.5, 0.6) is 0 Å². The van der Waals surface area contributed by atoms with E-state index in [2.05, 4.69) is 18.0 Å². The molecule has 4 heteroatoms. The van der Waals surface area contributed by atoms with E-state index in [-0.39, 0.29) is 15.9 Å². The summed E-state index contributed by atoms with van der Waals surface area (Å²) in [5, 5.41) is 0.425. The molecule has 0 unspecified atom stereocenters. The van der Waals surface area contributed by atoms with Crippen molar-refractivity contribution in [3.05, 3.63) is 81.5 Å². The second kappa shape index (κ2) is 6.93. The average Bonchev–Trinajstić information content (AvgIpc) is 2.59. The molecule has 0 saturated heterocycles. The Kier molecular flexibility index (Phi) is 4.87. The molecule has 0 fully saturated rings. The van der Waals surface area contributed by atoms with Gasteiger partial charge in [0.05, 0.1) is 21.6 Å². The number of hydrogen-bond acceptors (Lipinski definition) is 1. The molecule has 1 heterocycles. The summed E-state index contributed by atoms with van der Waals surface area (Å²) in [6.45, 7) is 5.82. The van der Waals surface area contributed by atoms with E-state index < -0.39 is 11.6 Å². The minimum absolute atomic E-state index is 0.156. The molecule has 0 aliphatic rings. The van der Waals surface area contributed by atoms with Gasteiger partial charge in [0.15, 0.2) is 0 Å². The Morgan fingerprint density at radius 2 is 1.92 bits per heavy atom. The third kappa shape index (κ3) is 3.05. The van der Waals surface area contributed by atoms with Crippen LogP contribution < -0.4 is 0 Å². The number of benzene rings is 2. The van der Waals surface area contributed by atoms with E-state index >= 15 is 0 Å². The molecule has 1 nitrogen and oxygen atoms in total. The average molecular weight is 358 g/mol. The van der Waals surface area contributed by atoms with E-state index in [4.69, 9.17) is 11.6 Å². The van der Waals surface area contributed by atoms with Gasteiger partial charge >= 0.3 is 0 Å². The Hall–Kier alpha value is -2.26. The van der Waals surface area contributed by atoms with Gasteiger partial charge in [-0.05, 0) is 37.0 Å². The lowest BCUT2D eigenvalue weighted by Gasteiger charge is -2.16. The van der Waals surface area contributed by atoms with Crippen LogP contribution in [0.3, 0.4) is 0 Å². The smallest absolute Gasteiger partial charge is 0.137 e. The maximum Gasteiger partial charge on any atom is 0.137 e. The highest BCUT2D eigenvalue weighted by molar-refractivity contribution is 6.36. The van der Waals surface area contributed by atoms with E-state index in [0.29, 0.717) is 11.3 Å². The molecule has 0 spiro atoms. The van der Waals surface area contributed by atoms with Crippen LogP contribution >= 0.6 is 11.6 Å². The van der Waals surface area contributed by atoms with Crippen molar-refractivity contribution in [2.24, 2.45) is 0 Å². The first kappa shape index (κ1) is 17.6. The van der Waals surface area contributed by atoms with Crippen LogP contribution in [0.25, 0.3) is 16.5 Å². The van der Waals surface area contributed by atoms with E-state index in [0.717, 1.165) is 23.6 Å². The lowest BCUT2D eigenvalue weighted by Crippen LogP contribution is -2.01. The van der Waals surface area contributed by atoms with Crippen molar-refractivity contribution in [1.82, 2.24) is 4.98 Å². The molecule has 0 aliphatic heterocycles. The first-order valence-electron chi connectivity index (χ1n) is 8.17. The summed E-state index contributed by atoms with van der Waals surface area (Å²) in [6, 6.07) is 10.1. The molecule has 0 amide bonds. The Labute approximate surface area is 151 Å². The quantitative estimate of drug-likeness (QED) is 0.522. The normalized spacial score (nSPS) is 12.0. The molecule has 3 aromatic rings. The first-order valence-corrected chi connectivity index (χ1v) is 8.55. The predicted octanol–water partition coefficient (Wildman–Crippen LogP) is 6.49. The molecule has 25 heavy (non-hydrogen) atoms. The summed E-state index contributed by atoms with van der Waals surface area (Å²) < 4.78 is 27.8. The van der Waals surface area contributed by atoms with Crippen LogP contribution in [0.4, 0.5) is 8.78 Å². The zero-order chi connectivity index (χ0) is 18.1. The SMILES string of the molecule is CC=C(c1ccccc1CC)c1nc2cc(F)cc(F)c2c(Cl)c1C. The maximum absolute atomic E-state index is 14.2. The van der Waals surface area contributed by atoms with Crippen LogP contribution in [0.2, 0.25) is 5.02 Å². The van der Waals surface area contributed by atoms with Gasteiger partial charge in [0.1, 0.15) is 11.6 Å². The Morgan fingerprint density at radius 3 is 2.60 bits per heavy atom. The number of aromatic nitrogens is 1. The van der Waals surface area contributed by atoms with Crippen molar-refractivity contribution in [3.8, 4) is 0 Å². The summed E-state index contributed by atoms with van der Waals surface area (Å²) in [5.41, 5.74) is 4.68. The van der Waals surface area contributed by atoms with Gasteiger partial charge in [-0.15, -0.1) is 0 Å². The highest BCUT2D eigenvalue weighted by Crippen LogP contribution is 2.35. The summed E-state index contributed by atoms with van der Waals surface area (Å²) in [4.78, 5) is 4.55. The molecule has 0 saturated carbocycles. The van der Waals surface area contributed by atoms with E-state index in [1.54, 1.807) is 0 Å². The molecule has 1 aromatic heterocycles. The number of hydrogen-bond donors (Lipinski definition) is 0. The monoisotopic (exact) mass is 357 g/mol. The molecule has 0 atom stereocenters. The standard InChI is InChI=1S/C21H18ClF2N/c1-4-13-8-6-7-9-16(13)15(5-2)21-12(3)20(22)19-17(24)10-14(23)11-18(19)25-21/h5-11H,4H2,1-3H3. The number of allylic oxidation sites excluding steroid dienone is 1. The zero-order valence-corrected chi connectivity index (χ0v) is 15.1. The summed E-state index contributed by atoms with van der Waals surface area (Å²) in [5.74, 6) is -1.36. The highest BCUT2D eigenvalue weighted by atomic mass is 35.5. The highest BCUT2D eigenvalue weighted by Gasteiger charge is 2.19. The van der Waals surface area contributed by atoms with E-state index in [1.165, 1.54) is 11.6 Å². The van der Waals surface area contributed by atoms with Gasteiger partial charge in [-0.3, -0.25) is 0 Å². The number of pyridine rings is 1. The zero-order valence-electron chi connectivity index (χ0n) is 14.3. The van der Waals surface area contributed by atoms with Crippen LogP contribution in [0, 0.1) is 18.6 Å². The number of halogens is 3. The fraction of sp³-hybridized carbons (Fsp3) is 0.190. The third-order valence-electron chi connectivity index (χ3n) is 4.40. The Bertz CT molecular complexity index is 993. The second-order valence-electron chi connectivity index (χ2n) is 5.89. The minimum Gasteiger partial charge on any atom is -0.247 e. The number of nitrogens with zero attached hydrogens (tertiary/aromatic N) is 1. The maximum atomic E-state index is 14.2. The van der Waals surface area contributed by atoms with Gasteiger partial charge in [0.2, 0.25) is 0 Å². The minimum atomic E-state index is -0.696. The fourth-order valence-corrected chi connectivity index (χ4v) is 3.41. The second-order valence-corrected chi connectivity index (χ2v) is 6.27. The van der Waals surface area contributed by atoms with E-state index in [1.807, 2.05) is 38.1 Å². The van der Waals surface area contributed by atoms with Crippen LogP contribution in [-0.4, -0.2) is 4.98 Å². The van der Waals surface area contributed by atoms with Crippen molar-refractivity contribution in [1.29, 1.82) is 0 Å². The van der Waals surface area contributed by atoms with Crippen molar-refractivity contribution < 1.29 is 8.78 Å². The number of fused-ring (bicyclic) bond motifs is 1. The Balaban J connectivity index is 2.32. The van der Waals surface area contributed by atoms with Crippen molar-refractivity contribution in [2.75, 3.05) is 0 Å². The number of aryl methyl sites for hydroxylation is 1. The third-order valence-corrected chi connectivity index (χ3v) is 4.88. The molecule has 3 rings (SSSR count). The molecule has 0 bridgehead atoms. The predicted molar refractivity (Wildman–Crippen MR) is 100.0 cm³/mol. The van der Waals surface area contributed by atoms with Crippen molar-refractivity contribution in [2.45, 2.75) is 27.2 Å². The van der Waals surface area contributed by atoms with Gasteiger partial charge in [-0.25, -0.2) is 13.8 Å². The van der Waals surface area contributed by atoms with Crippen LogP contribution in [0.1, 0.15) is 36.2 Å². The number of rotatable bonds is 3. The molecular weight excluding hydrogens is 340 g/mol. The summed E-state index contributed by atoms with van der Waals surface area (Å²) in [6.07, 6.45) is 2.83.